The first-order chi connectivity index (χ1) is 12.2. The van der Waals surface area contributed by atoms with Crippen LogP contribution < -0.4 is 10.2 Å². The van der Waals surface area contributed by atoms with E-state index < -0.39 is 0 Å². The summed E-state index contributed by atoms with van der Waals surface area (Å²) < 4.78 is 0. The van der Waals surface area contributed by atoms with E-state index in [1.165, 1.54) is 31.2 Å². The van der Waals surface area contributed by atoms with Crippen LogP contribution in [0.3, 0.4) is 0 Å². The van der Waals surface area contributed by atoms with Gasteiger partial charge in [0.25, 0.3) is 0 Å². The highest BCUT2D eigenvalue weighted by molar-refractivity contribution is 14.0. The second-order valence-electron chi connectivity index (χ2n) is 7.85. The van der Waals surface area contributed by atoms with Crippen molar-refractivity contribution in [2.75, 3.05) is 38.1 Å². The Bertz CT molecular complexity index is 583. The molecule has 2 fully saturated rings. The Kier molecular flexibility index (Phi) is 8.44. The molecule has 0 aliphatic carbocycles. The summed E-state index contributed by atoms with van der Waals surface area (Å²) in [7, 11) is 1.89. The zero-order valence-corrected chi connectivity index (χ0v) is 18.8. The van der Waals surface area contributed by atoms with Gasteiger partial charge in [-0.1, -0.05) is 13.8 Å². The first kappa shape index (κ1) is 21.3. The van der Waals surface area contributed by atoms with Gasteiger partial charge in [0.15, 0.2) is 5.96 Å². The fourth-order valence-electron chi connectivity index (χ4n) is 4.09. The van der Waals surface area contributed by atoms with E-state index in [0.29, 0.717) is 0 Å². The summed E-state index contributed by atoms with van der Waals surface area (Å²) in [5.41, 5.74) is 1.27. The Morgan fingerprint density at radius 3 is 2.77 bits per heavy atom. The van der Waals surface area contributed by atoms with E-state index in [-0.39, 0.29) is 24.0 Å². The topological polar surface area (TPSA) is 43.8 Å². The van der Waals surface area contributed by atoms with E-state index in [4.69, 9.17) is 0 Å². The number of guanidine groups is 1. The van der Waals surface area contributed by atoms with Crippen LogP contribution >= 0.6 is 24.0 Å². The molecule has 1 aromatic rings. The van der Waals surface area contributed by atoms with Crippen LogP contribution in [-0.4, -0.2) is 49.1 Å². The normalized spacial score (nSPS) is 20.6. The maximum absolute atomic E-state index is 4.54. The Hall–Kier alpha value is -1.05. The van der Waals surface area contributed by atoms with Crippen LogP contribution in [0.2, 0.25) is 0 Å². The number of rotatable bonds is 5. The SMILES string of the molecule is CN=C(NCc1ccnc(N2CCCC2)c1)N1CCC(CC(C)C)C1.I. The molecular formula is C20H34IN5. The second kappa shape index (κ2) is 10.3. The van der Waals surface area contributed by atoms with Gasteiger partial charge in [-0.05, 0) is 55.2 Å². The van der Waals surface area contributed by atoms with Gasteiger partial charge in [-0.2, -0.15) is 0 Å². The van der Waals surface area contributed by atoms with Crippen LogP contribution in [0.5, 0.6) is 0 Å². The predicted octanol–water partition coefficient (Wildman–Crippen LogP) is 3.74. The lowest BCUT2D eigenvalue weighted by molar-refractivity contribution is 0.403. The Labute approximate surface area is 175 Å². The molecule has 3 rings (SSSR count). The number of nitrogens with zero attached hydrogens (tertiary/aromatic N) is 4. The van der Waals surface area contributed by atoms with Gasteiger partial charge in [0.2, 0.25) is 0 Å². The molecule has 1 atom stereocenters. The van der Waals surface area contributed by atoms with Crippen molar-refractivity contribution in [1.29, 1.82) is 0 Å². The number of aromatic nitrogens is 1. The van der Waals surface area contributed by atoms with E-state index in [1.54, 1.807) is 0 Å². The molecule has 0 spiro atoms. The fourth-order valence-corrected chi connectivity index (χ4v) is 4.09. The third-order valence-electron chi connectivity index (χ3n) is 5.29. The quantitative estimate of drug-likeness (QED) is 0.404. The summed E-state index contributed by atoms with van der Waals surface area (Å²) in [5.74, 6) is 3.73. The van der Waals surface area contributed by atoms with Gasteiger partial charge in [0, 0.05) is 46.0 Å². The number of pyridine rings is 1. The van der Waals surface area contributed by atoms with Crippen LogP contribution in [0, 0.1) is 11.8 Å². The zero-order valence-electron chi connectivity index (χ0n) is 16.4. The lowest BCUT2D eigenvalue weighted by Crippen LogP contribution is -2.39. The van der Waals surface area contributed by atoms with E-state index in [0.717, 1.165) is 56.3 Å². The molecule has 0 aromatic carbocycles. The molecule has 1 N–H and O–H groups in total. The molecule has 1 unspecified atom stereocenters. The van der Waals surface area contributed by atoms with Crippen molar-refractivity contribution in [2.24, 2.45) is 16.8 Å². The molecule has 0 bridgehead atoms. The highest BCUT2D eigenvalue weighted by atomic mass is 127. The number of halogens is 1. The lowest BCUT2D eigenvalue weighted by Gasteiger charge is -2.22. The molecule has 1 aromatic heterocycles. The number of likely N-dealkylation sites (tertiary alicyclic amines) is 1. The summed E-state index contributed by atoms with van der Waals surface area (Å²) in [4.78, 5) is 13.8. The largest absolute Gasteiger partial charge is 0.357 e. The molecule has 6 heteroatoms. The highest BCUT2D eigenvalue weighted by Gasteiger charge is 2.25. The summed E-state index contributed by atoms with van der Waals surface area (Å²) in [6.45, 7) is 9.96. The minimum atomic E-state index is 0. The van der Waals surface area contributed by atoms with Crippen LogP contribution in [-0.2, 0) is 6.54 Å². The Morgan fingerprint density at radius 1 is 1.31 bits per heavy atom. The second-order valence-corrected chi connectivity index (χ2v) is 7.85. The average Bonchev–Trinajstić information content (AvgIpc) is 3.27. The summed E-state index contributed by atoms with van der Waals surface area (Å²) >= 11 is 0. The average molecular weight is 471 g/mol. The predicted molar refractivity (Wildman–Crippen MR) is 120 cm³/mol. The summed E-state index contributed by atoms with van der Waals surface area (Å²) in [6.07, 6.45) is 7.10. The van der Waals surface area contributed by atoms with Crippen molar-refractivity contribution in [3.05, 3.63) is 23.9 Å². The van der Waals surface area contributed by atoms with E-state index in [1.807, 2.05) is 13.2 Å². The zero-order chi connectivity index (χ0) is 17.6. The fraction of sp³-hybridized carbons (Fsp3) is 0.700. The molecule has 5 nitrogen and oxygen atoms in total. The van der Waals surface area contributed by atoms with Crippen molar-refractivity contribution in [1.82, 2.24) is 15.2 Å². The van der Waals surface area contributed by atoms with Crippen molar-refractivity contribution >= 4 is 35.8 Å². The number of nitrogens with one attached hydrogen (secondary N) is 1. The molecule has 26 heavy (non-hydrogen) atoms. The summed E-state index contributed by atoms with van der Waals surface area (Å²) in [5, 5.41) is 3.55. The third-order valence-corrected chi connectivity index (χ3v) is 5.29. The van der Waals surface area contributed by atoms with Crippen molar-refractivity contribution in [3.63, 3.8) is 0 Å². The Balaban J connectivity index is 0.00000243. The smallest absolute Gasteiger partial charge is 0.193 e. The molecule has 2 aliphatic heterocycles. The number of hydrogen-bond donors (Lipinski definition) is 1. The minimum absolute atomic E-state index is 0. The van der Waals surface area contributed by atoms with E-state index in [2.05, 4.69) is 51.1 Å². The minimum Gasteiger partial charge on any atom is -0.357 e. The van der Waals surface area contributed by atoms with Gasteiger partial charge < -0.3 is 15.1 Å². The lowest BCUT2D eigenvalue weighted by atomic mass is 9.97. The standard InChI is InChI=1S/C20H33N5.HI/c1-16(2)12-18-7-11-25(15-18)20(21-3)23-14-17-6-8-22-19(13-17)24-9-4-5-10-24;/h6,8,13,16,18H,4-5,7,9-12,14-15H2,1-3H3,(H,21,23);1H. The molecule has 0 radical (unpaired) electrons. The highest BCUT2D eigenvalue weighted by Crippen LogP contribution is 2.23. The van der Waals surface area contributed by atoms with Crippen LogP contribution in [0.1, 0.15) is 45.1 Å². The molecule has 146 valence electrons. The summed E-state index contributed by atoms with van der Waals surface area (Å²) in [6, 6.07) is 4.32. The first-order valence-corrected chi connectivity index (χ1v) is 9.81. The van der Waals surface area contributed by atoms with Crippen molar-refractivity contribution in [3.8, 4) is 0 Å². The number of aliphatic imine (C=N–C) groups is 1. The molecule has 2 saturated heterocycles. The van der Waals surface area contributed by atoms with Gasteiger partial charge in [0.05, 0.1) is 0 Å². The molecule has 0 saturated carbocycles. The molecule has 2 aliphatic rings. The van der Waals surface area contributed by atoms with Crippen molar-refractivity contribution < 1.29 is 0 Å². The van der Waals surface area contributed by atoms with Crippen LogP contribution in [0.4, 0.5) is 5.82 Å². The van der Waals surface area contributed by atoms with E-state index >= 15 is 0 Å². The van der Waals surface area contributed by atoms with Crippen molar-refractivity contribution in [2.45, 2.75) is 46.1 Å². The Morgan fingerprint density at radius 2 is 2.08 bits per heavy atom. The maximum atomic E-state index is 4.54. The first-order valence-electron chi connectivity index (χ1n) is 9.81. The number of hydrogen-bond acceptors (Lipinski definition) is 3. The van der Waals surface area contributed by atoms with Crippen LogP contribution in [0.25, 0.3) is 0 Å². The number of anilines is 1. The molecular weight excluding hydrogens is 437 g/mol. The monoisotopic (exact) mass is 471 g/mol. The van der Waals surface area contributed by atoms with Gasteiger partial charge in [-0.3, -0.25) is 4.99 Å². The van der Waals surface area contributed by atoms with E-state index in [9.17, 15) is 0 Å². The molecule has 0 amide bonds. The maximum Gasteiger partial charge on any atom is 0.193 e. The van der Waals surface area contributed by atoms with Gasteiger partial charge in [0.1, 0.15) is 5.82 Å². The molecule has 3 heterocycles. The van der Waals surface area contributed by atoms with Gasteiger partial charge in [-0.15, -0.1) is 24.0 Å². The van der Waals surface area contributed by atoms with Gasteiger partial charge in [-0.25, -0.2) is 4.98 Å². The third kappa shape index (κ3) is 5.72. The van der Waals surface area contributed by atoms with Gasteiger partial charge >= 0.3 is 0 Å². The van der Waals surface area contributed by atoms with Crippen LogP contribution in [0.15, 0.2) is 23.3 Å².